The molecule has 0 N–H and O–H groups in total. The lowest BCUT2D eigenvalue weighted by atomic mass is 9.94. The van der Waals surface area contributed by atoms with E-state index in [1.165, 1.54) is 70.6 Å². The fourth-order valence-electron chi connectivity index (χ4n) is 7.24. The van der Waals surface area contributed by atoms with Gasteiger partial charge in [-0.2, -0.15) is 0 Å². The minimum atomic E-state index is -0.535. The zero-order chi connectivity index (χ0) is 34.8. The largest absolute Gasteiger partial charge is 0.462 e. The van der Waals surface area contributed by atoms with Crippen LogP contribution in [0.1, 0.15) is 174 Å². The molecule has 0 aromatic heterocycles. The molecule has 0 unspecified atom stereocenters. The van der Waals surface area contributed by atoms with Crippen LogP contribution in [0.15, 0.2) is 0 Å². The lowest BCUT2D eigenvalue weighted by Crippen LogP contribution is -2.35. The predicted molar refractivity (Wildman–Crippen MR) is 190 cm³/mol. The fourth-order valence-corrected chi connectivity index (χ4v) is 7.24. The van der Waals surface area contributed by atoms with Crippen molar-refractivity contribution in [2.45, 2.75) is 192 Å². The van der Waals surface area contributed by atoms with Crippen molar-refractivity contribution in [3.05, 3.63) is 0 Å². The van der Waals surface area contributed by atoms with E-state index in [-0.39, 0.29) is 75.3 Å². The molecule has 3 aliphatic rings. The van der Waals surface area contributed by atoms with Crippen molar-refractivity contribution in [1.82, 2.24) is 0 Å². The maximum Gasteiger partial charge on any atom is 0.308 e. The van der Waals surface area contributed by atoms with Gasteiger partial charge in [0, 0.05) is 5.41 Å². The van der Waals surface area contributed by atoms with E-state index in [0.717, 1.165) is 77.0 Å². The number of hydrogen-bond donors (Lipinski definition) is 0. The Bertz CT molecular complexity index is 823. The minimum Gasteiger partial charge on any atom is -0.462 e. The van der Waals surface area contributed by atoms with Crippen LogP contribution >= 0.6 is 0 Å². The Morgan fingerprint density at radius 2 is 0.633 bits per heavy atom. The van der Waals surface area contributed by atoms with Gasteiger partial charge in [0.25, 0.3) is 0 Å². The van der Waals surface area contributed by atoms with Crippen molar-refractivity contribution in [2.75, 3.05) is 39.6 Å². The Labute approximate surface area is 297 Å². The number of carbonyl (C=O) groups is 3. The summed E-state index contributed by atoms with van der Waals surface area (Å²) >= 11 is 0. The molecule has 0 bridgehead atoms. The summed E-state index contributed by atoms with van der Waals surface area (Å²) in [5.41, 5.74) is -0.535. The van der Waals surface area contributed by atoms with Crippen molar-refractivity contribution in [3.63, 3.8) is 0 Å². The smallest absolute Gasteiger partial charge is 0.308 e. The van der Waals surface area contributed by atoms with Gasteiger partial charge >= 0.3 is 17.9 Å². The number of carbonyl (C=O) groups excluding carboxylic acids is 3. The molecule has 0 saturated heterocycles. The summed E-state index contributed by atoms with van der Waals surface area (Å²) in [7, 11) is 0. The van der Waals surface area contributed by atoms with Gasteiger partial charge < -0.3 is 28.4 Å². The van der Waals surface area contributed by atoms with E-state index in [1.54, 1.807) is 0 Å². The van der Waals surface area contributed by atoms with Gasteiger partial charge in [-0.1, -0.05) is 77.6 Å². The fraction of sp³-hybridized carbons (Fsp3) is 0.925. The van der Waals surface area contributed by atoms with Crippen molar-refractivity contribution in [3.8, 4) is 0 Å². The number of rotatable bonds is 18. The van der Waals surface area contributed by atoms with E-state index >= 15 is 0 Å². The molecule has 9 nitrogen and oxygen atoms in total. The molecule has 0 aromatic carbocycles. The van der Waals surface area contributed by atoms with E-state index in [2.05, 4.69) is 0 Å². The van der Waals surface area contributed by atoms with E-state index < -0.39 is 5.41 Å². The first-order chi connectivity index (χ1) is 23.9. The van der Waals surface area contributed by atoms with Gasteiger partial charge in [0.2, 0.25) is 0 Å². The molecular weight excluding hydrogens is 624 g/mol. The molecular formula is C40H70O9. The molecule has 0 spiro atoms. The molecule has 0 heterocycles. The monoisotopic (exact) mass is 695 g/mol. The highest BCUT2D eigenvalue weighted by atomic mass is 16.6. The number of ether oxygens (including phenoxy) is 6. The Balaban J connectivity index is 1.39. The molecule has 3 saturated carbocycles. The summed E-state index contributed by atoms with van der Waals surface area (Å²) in [4.78, 5) is 37.7. The highest BCUT2D eigenvalue weighted by Gasteiger charge is 2.27. The van der Waals surface area contributed by atoms with Crippen LogP contribution in [-0.4, -0.2) is 75.9 Å². The SMILES string of the molecule is CC(COCCC(=O)OC1CCCCCCCCC1)(COCCC(=O)OC1CCCCCCC1)COCCC(=O)OC1CCCCCCC1. The summed E-state index contributed by atoms with van der Waals surface area (Å²) in [6, 6.07) is 0. The third-order valence-corrected chi connectivity index (χ3v) is 10.3. The topological polar surface area (TPSA) is 107 Å². The first kappa shape index (κ1) is 41.7. The zero-order valence-electron chi connectivity index (χ0n) is 31.0. The van der Waals surface area contributed by atoms with Gasteiger partial charge in [-0.05, 0) is 77.0 Å². The second-order valence-corrected chi connectivity index (χ2v) is 15.3. The van der Waals surface area contributed by atoms with Crippen LogP contribution in [0.2, 0.25) is 0 Å². The summed E-state index contributed by atoms with van der Waals surface area (Å²) in [6.07, 6.45) is 26.7. The van der Waals surface area contributed by atoms with Crippen LogP contribution in [0.3, 0.4) is 0 Å². The summed E-state index contributed by atoms with van der Waals surface area (Å²) in [6.45, 7) is 3.69. The normalized spacial score (nSPS) is 20.3. The average Bonchev–Trinajstić information content (AvgIpc) is 3.05. The molecule has 0 aliphatic heterocycles. The molecule has 9 heteroatoms. The molecule has 284 valence electrons. The van der Waals surface area contributed by atoms with Crippen LogP contribution < -0.4 is 0 Å². The van der Waals surface area contributed by atoms with Crippen molar-refractivity contribution < 1.29 is 42.8 Å². The van der Waals surface area contributed by atoms with Crippen molar-refractivity contribution in [2.24, 2.45) is 5.41 Å². The third-order valence-electron chi connectivity index (χ3n) is 10.3. The van der Waals surface area contributed by atoms with E-state index in [0.29, 0.717) is 19.8 Å². The van der Waals surface area contributed by atoms with E-state index in [9.17, 15) is 14.4 Å². The molecule has 0 amide bonds. The average molecular weight is 695 g/mol. The van der Waals surface area contributed by atoms with Gasteiger partial charge in [0.05, 0.1) is 58.9 Å². The first-order valence-electron chi connectivity index (χ1n) is 20.2. The molecule has 0 atom stereocenters. The number of esters is 3. The molecule has 49 heavy (non-hydrogen) atoms. The van der Waals surface area contributed by atoms with Crippen molar-refractivity contribution in [1.29, 1.82) is 0 Å². The summed E-state index contributed by atoms with van der Waals surface area (Å²) in [5.74, 6) is -0.630. The minimum absolute atomic E-state index is 0.00941. The van der Waals surface area contributed by atoms with Crippen LogP contribution in [0.25, 0.3) is 0 Å². The van der Waals surface area contributed by atoms with Crippen LogP contribution in [0.4, 0.5) is 0 Å². The Morgan fingerprint density at radius 1 is 0.408 bits per heavy atom. The highest BCUT2D eigenvalue weighted by Crippen LogP contribution is 2.23. The molecule has 0 radical (unpaired) electrons. The zero-order valence-corrected chi connectivity index (χ0v) is 31.0. The number of hydrogen-bond acceptors (Lipinski definition) is 9. The Morgan fingerprint density at radius 3 is 0.878 bits per heavy atom. The maximum atomic E-state index is 12.7. The standard InChI is InChI=1S/C40H70O9/c1-40(32-45-29-26-38(42)48-35-21-15-9-5-10-16-22-35,33-46-30-27-39(43)49-36-23-17-11-6-12-18-24-36)31-44-28-25-37(41)47-34-19-13-7-3-2-4-8-14-20-34/h34-36H,2-33H2,1H3. The Hall–Kier alpha value is -1.71. The van der Waals surface area contributed by atoms with Gasteiger partial charge in [-0.15, -0.1) is 0 Å². The van der Waals surface area contributed by atoms with Crippen molar-refractivity contribution >= 4 is 17.9 Å². The molecule has 3 aliphatic carbocycles. The molecule has 0 aromatic rings. The maximum absolute atomic E-state index is 12.7. The summed E-state index contributed by atoms with van der Waals surface area (Å²) in [5, 5.41) is 0. The van der Waals surface area contributed by atoms with Crippen LogP contribution in [0.5, 0.6) is 0 Å². The van der Waals surface area contributed by atoms with E-state index in [4.69, 9.17) is 28.4 Å². The van der Waals surface area contributed by atoms with Gasteiger partial charge in [0.15, 0.2) is 0 Å². The van der Waals surface area contributed by atoms with Crippen LogP contribution in [-0.2, 0) is 42.8 Å². The second-order valence-electron chi connectivity index (χ2n) is 15.3. The molecule has 3 fully saturated rings. The second kappa shape index (κ2) is 26.1. The third kappa shape index (κ3) is 20.7. The van der Waals surface area contributed by atoms with E-state index in [1.807, 2.05) is 6.92 Å². The highest BCUT2D eigenvalue weighted by molar-refractivity contribution is 5.70. The van der Waals surface area contributed by atoms with Gasteiger partial charge in [-0.3, -0.25) is 14.4 Å². The predicted octanol–water partition coefficient (Wildman–Crippen LogP) is 8.96. The van der Waals surface area contributed by atoms with Gasteiger partial charge in [0.1, 0.15) is 18.3 Å². The Kier molecular flexibility index (Phi) is 22.2. The summed E-state index contributed by atoms with van der Waals surface area (Å²) < 4.78 is 35.3. The van der Waals surface area contributed by atoms with Crippen LogP contribution in [0, 0.1) is 5.41 Å². The van der Waals surface area contributed by atoms with Gasteiger partial charge in [-0.25, -0.2) is 0 Å². The molecule has 3 rings (SSSR count). The quantitative estimate of drug-likeness (QED) is 0.0790. The first-order valence-corrected chi connectivity index (χ1v) is 20.2. The lowest BCUT2D eigenvalue weighted by molar-refractivity contribution is -0.152. The lowest BCUT2D eigenvalue weighted by Gasteiger charge is -2.29.